The second-order valence-corrected chi connectivity index (χ2v) is 10.9. The van der Waals surface area contributed by atoms with Crippen LogP contribution in [0.15, 0.2) is 82.6 Å². The van der Waals surface area contributed by atoms with Crippen molar-refractivity contribution in [3.05, 3.63) is 100 Å². The van der Waals surface area contributed by atoms with E-state index in [0.717, 1.165) is 52.6 Å². The van der Waals surface area contributed by atoms with E-state index in [1.54, 1.807) is 0 Å². The van der Waals surface area contributed by atoms with Gasteiger partial charge in [-0.25, -0.2) is 0 Å². The van der Waals surface area contributed by atoms with Gasteiger partial charge in [-0.3, -0.25) is 14.8 Å². The number of thioether (sulfide) groups is 1. The highest BCUT2D eigenvalue weighted by atomic mass is 32.2. The molecular weight excluding hydrogens is 464 g/mol. The first kappa shape index (κ1) is 23.1. The highest BCUT2D eigenvalue weighted by molar-refractivity contribution is 8.04. The number of H-pyrrole nitrogens is 1. The molecule has 2 aliphatic rings. The van der Waals surface area contributed by atoms with E-state index in [-0.39, 0.29) is 5.91 Å². The van der Waals surface area contributed by atoms with Gasteiger partial charge in [0.2, 0.25) is 0 Å². The van der Waals surface area contributed by atoms with Crippen molar-refractivity contribution >= 4 is 34.6 Å². The van der Waals surface area contributed by atoms with Crippen molar-refractivity contribution in [2.24, 2.45) is 5.92 Å². The first-order chi connectivity index (χ1) is 17.7. The maximum atomic E-state index is 12.9. The predicted octanol–water partition coefficient (Wildman–Crippen LogP) is 5.78. The van der Waals surface area contributed by atoms with Crippen molar-refractivity contribution in [2.45, 2.75) is 37.2 Å². The molecule has 0 radical (unpaired) electrons. The Hall–Kier alpha value is -3.35. The average molecular weight is 495 g/mol. The van der Waals surface area contributed by atoms with E-state index in [1.807, 2.05) is 24.3 Å². The van der Waals surface area contributed by atoms with Crippen molar-refractivity contribution in [3.8, 4) is 0 Å². The smallest absolute Gasteiger partial charge is 0.258 e. The molecule has 2 N–H and O–H groups in total. The third-order valence-corrected chi connectivity index (χ3v) is 8.33. The summed E-state index contributed by atoms with van der Waals surface area (Å²) >= 11 is 1.50. The fourth-order valence-electron chi connectivity index (χ4n) is 5.23. The highest BCUT2D eigenvalue weighted by Gasteiger charge is 2.21. The van der Waals surface area contributed by atoms with E-state index < -0.39 is 0 Å². The molecule has 0 spiro atoms. The van der Waals surface area contributed by atoms with E-state index in [4.69, 9.17) is 0 Å². The molecule has 0 unspecified atom stereocenters. The molecular formula is C30H30N4OS. The number of likely N-dealkylation sites (tertiary alicyclic amines) is 1. The Labute approximate surface area is 216 Å². The molecule has 4 aromatic rings. The molecule has 1 amide bonds. The van der Waals surface area contributed by atoms with Crippen LogP contribution in [-0.2, 0) is 24.3 Å². The van der Waals surface area contributed by atoms with Crippen molar-refractivity contribution in [3.63, 3.8) is 0 Å². The fourth-order valence-corrected chi connectivity index (χ4v) is 6.27. The first-order valence-corrected chi connectivity index (χ1v) is 13.5. The van der Waals surface area contributed by atoms with Crippen LogP contribution in [0.25, 0.3) is 17.0 Å². The molecule has 0 atom stereocenters. The van der Waals surface area contributed by atoms with E-state index in [1.165, 1.54) is 42.2 Å². The lowest BCUT2D eigenvalue weighted by molar-refractivity contribution is -0.116. The van der Waals surface area contributed by atoms with Gasteiger partial charge in [0.1, 0.15) is 0 Å². The van der Waals surface area contributed by atoms with E-state index in [2.05, 4.69) is 75.0 Å². The van der Waals surface area contributed by atoms with Crippen LogP contribution in [0.2, 0.25) is 0 Å². The maximum absolute atomic E-state index is 12.9. The third-order valence-electron chi connectivity index (χ3n) is 7.25. The van der Waals surface area contributed by atoms with Crippen molar-refractivity contribution in [2.75, 3.05) is 13.1 Å². The Morgan fingerprint density at radius 3 is 2.53 bits per heavy atom. The Balaban J connectivity index is 0.984. The van der Waals surface area contributed by atoms with E-state index in [0.29, 0.717) is 11.4 Å². The van der Waals surface area contributed by atoms with Crippen molar-refractivity contribution in [1.29, 1.82) is 0 Å². The Bertz CT molecular complexity index is 1390. The number of amides is 1. The Kier molecular flexibility index (Phi) is 6.62. The van der Waals surface area contributed by atoms with Gasteiger partial charge in [0.05, 0.1) is 16.1 Å². The van der Waals surface area contributed by atoms with Gasteiger partial charge < -0.3 is 5.32 Å². The minimum atomic E-state index is -0.0558. The lowest BCUT2D eigenvalue weighted by Crippen LogP contribution is -2.33. The normalized spacial score (nSPS) is 16.2. The van der Waals surface area contributed by atoms with Gasteiger partial charge in [-0.2, -0.15) is 5.10 Å². The number of aromatic amines is 1. The zero-order chi connectivity index (χ0) is 24.3. The summed E-state index contributed by atoms with van der Waals surface area (Å²) in [4.78, 5) is 17.2. The lowest BCUT2D eigenvalue weighted by Gasteiger charge is -2.32. The molecule has 3 aromatic carbocycles. The summed E-state index contributed by atoms with van der Waals surface area (Å²) in [6.45, 7) is 3.83. The molecule has 2 aliphatic heterocycles. The van der Waals surface area contributed by atoms with Crippen LogP contribution in [0.1, 0.15) is 35.2 Å². The molecule has 6 heteroatoms. The summed E-state index contributed by atoms with van der Waals surface area (Å²) in [7, 11) is 0. The second-order valence-electron chi connectivity index (χ2n) is 9.81. The minimum absolute atomic E-state index is 0.0558. The Morgan fingerprint density at radius 2 is 1.72 bits per heavy atom. The molecule has 0 saturated carbocycles. The molecule has 5 nitrogen and oxygen atoms in total. The molecule has 0 bridgehead atoms. The second kappa shape index (κ2) is 10.3. The number of carbonyl (C=O) groups excluding carboxylic acids is 1. The summed E-state index contributed by atoms with van der Waals surface area (Å²) in [6, 6.07) is 25.5. The van der Waals surface area contributed by atoms with Crippen LogP contribution in [0.5, 0.6) is 0 Å². The molecule has 1 aromatic heterocycles. The number of hydrogen-bond donors (Lipinski definition) is 2. The topological polar surface area (TPSA) is 61.0 Å². The van der Waals surface area contributed by atoms with Gasteiger partial charge in [0.15, 0.2) is 0 Å². The molecule has 3 heterocycles. The summed E-state index contributed by atoms with van der Waals surface area (Å²) in [6.07, 6.45) is 5.63. The summed E-state index contributed by atoms with van der Waals surface area (Å²) in [5.74, 6) is 0.736. The van der Waals surface area contributed by atoms with E-state index in [9.17, 15) is 4.79 Å². The molecule has 1 saturated heterocycles. The van der Waals surface area contributed by atoms with Crippen LogP contribution in [-0.4, -0.2) is 34.1 Å². The highest BCUT2D eigenvalue weighted by Crippen LogP contribution is 2.39. The number of rotatable bonds is 7. The number of aromatic nitrogens is 2. The standard InChI is InChI=1S/C30H30N4OS/c35-30(28-18-26-29-25(32-33-26)7-4-8-27(29)36-28)31-19-23-9-11-24(12-10-23)20-34-15-13-22(14-16-34)17-21-5-2-1-3-6-21/h1-12,18,22H,13-17,19-20H2,(H,31,35)(H,32,33). The summed E-state index contributed by atoms with van der Waals surface area (Å²) in [5.41, 5.74) is 5.73. The number of carbonyl (C=O) groups is 1. The third kappa shape index (κ3) is 5.11. The number of nitrogens with one attached hydrogen (secondary N) is 2. The van der Waals surface area contributed by atoms with Crippen LogP contribution in [0.3, 0.4) is 0 Å². The predicted molar refractivity (Wildman–Crippen MR) is 146 cm³/mol. The van der Waals surface area contributed by atoms with Gasteiger partial charge in [-0.1, -0.05) is 72.4 Å². The number of piperidine rings is 1. The SMILES string of the molecule is O=C(NCc1ccc(CN2CCC(Cc3ccccc3)CC2)cc1)C1=Cc2[nH]nc3cccc(c23)S1. The van der Waals surface area contributed by atoms with E-state index >= 15 is 0 Å². The Morgan fingerprint density at radius 1 is 0.944 bits per heavy atom. The molecule has 182 valence electrons. The van der Waals surface area contributed by atoms with Gasteiger partial charge in [0.25, 0.3) is 5.91 Å². The molecule has 36 heavy (non-hydrogen) atoms. The zero-order valence-electron chi connectivity index (χ0n) is 20.2. The summed E-state index contributed by atoms with van der Waals surface area (Å²) in [5, 5.41) is 11.5. The minimum Gasteiger partial charge on any atom is -0.348 e. The number of hydrogen-bond acceptors (Lipinski definition) is 4. The van der Waals surface area contributed by atoms with Gasteiger partial charge in [-0.05, 0) is 73.2 Å². The van der Waals surface area contributed by atoms with Crippen LogP contribution in [0.4, 0.5) is 0 Å². The van der Waals surface area contributed by atoms with Crippen LogP contribution >= 0.6 is 11.8 Å². The van der Waals surface area contributed by atoms with Crippen LogP contribution < -0.4 is 5.32 Å². The quantitative estimate of drug-likeness (QED) is 0.342. The average Bonchev–Trinajstić information content (AvgIpc) is 3.34. The maximum Gasteiger partial charge on any atom is 0.258 e. The molecule has 6 rings (SSSR count). The molecule has 0 aliphatic carbocycles. The van der Waals surface area contributed by atoms with Crippen LogP contribution in [0, 0.1) is 5.92 Å². The first-order valence-electron chi connectivity index (χ1n) is 12.7. The number of benzene rings is 3. The van der Waals surface area contributed by atoms with Gasteiger partial charge in [0, 0.05) is 23.4 Å². The monoisotopic (exact) mass is 494 g/mol. The summed E-state index contributed by atoms with van der Waals surface area (Å²) < 4.78 is 0. The number of nitrogens with zero attached hydrogens (tertiary/aromatic N) is 2. The largest absolute Gasteiger partial charge is 0.348 e. The van der Waals surface area contributed by atoms with Gasteiger partial charge >= 0.3 is 0 Å². The van der Waals surface area contributed by atoms with Gasteiger partial charge in [-0.15, -0.1) is 0 Å². The van der Waals surface area contributed by atoms with Crippen molar-refractivity contribution < 1.29 is 4.79 Å². The van der Waals surface area contributed by atoms with Crippen molar-refractivity contribution in [1.82, 2.24) is 20.4 Å². The zero-order valence-corrected chi connectivity index (χ0v) is 21.1. The fraction of sp³-hybridized carbons (Fsp3) is 0.267. The lowest BCUT2D eigenvalue weighted by atomic mass is 9.90. The molecule has 1 fully saturated rings.